The molecule has 0 spiro atoms. The van der Waals surface area contributed by atoms with Gasteiger partial charge in [0.2, 0.25) is 0 Å². The van der Waals surface area contributed by atoms with Crippen LogP contribution in [0.2, 0.25) is 5.02 Å². The molecule has 4 nitrogen and oxygen atoms in total. The van der Waals surface area contributed by atoms with Crippen molar-refractivity contribution < 1.29 is 9.90 Å². The van der Waals surface area contributed by atoms with Crippen molar-refractivity contribution in [2.75, 3.05) is 0 Å². The highest BCUT2D eigenvalue weighted by atomic mass is 35.5. The van der Waals surface area contributed by atoms with Gasteiger partial charge in [0.1, 0.15) is 5.60 Å². The van der Waals surface area contributed by atoms with E-state index in [2.05, 4.69) is 22.1 Å². The van der Waals surface area contributed by atoms with E-state index in [0.29, 0.717) is 23.4 Å². The molecule has 0 bridgehead atoms. The molecule has 1 saturated carbocycles. The maximum Gasteiger partial charge on any atom is 0.253 e. The number of halogens is 1. The van der Waals surface area contributed by atoms with Gasteiger partial charge in [0.05, 0.1) is 5.56 Å². The zero-order valence-corrected chi connectivity index (χ0v) is 14.5. The summed E-state index contributed by atoms with van der Waals surface area (Å²) in [6, 6.07) is 10.6. The van der Waals surface area contributed by atoms with Crippen LogP contribution in [0, 0.1) is 11.8 Å². The fourth-order valence-corrected chi connectivity index (χ4v) is 3.20. The van der Waals surface area contributed by atoms with E-state index in [-0.39, 0.29) is 11.9 Å². The summed E-state index contributed by atoms with van der Waals surface area (Å²) in [7, 11) is 0. The second kappa shape index (κ2) is 7.69. The summed E-state index contributed by atoms with van der Waals surface area (Å²) >= 11 is 5.96. The molecule has 0 saturated heterocycles. The normalized spacial score (nSPS) is 22.6. The lowest BCUT2D eigenvalue weighted by Gasteiger charge is -2.33. The Hall–Kier alpha value is -2.35. The predicted octanol–water partition coefficient (Wildman–Crippen LogP) is 3.19. The van der Waals surface area contributed by atoms with E-state index in [9.17, 15) is 9.90 Å². The largest absolute Gasteiger partial charge is 0.378 e. The summed E-state index contributed by atoms with van der Waals surface area (Å²) in [4.78, 5) is 16.2. The Morgan fingerprint density at radius 3 is 3.00 bits per heavy atom. The molecule has 2 aromatic rings. The molecule has 1 amide bonds. The number of hydrogen-bond donors (Lipinski definition) is 2. The number of hydrogen-bond acceptors (Lipinski definition) is 3. The van der Waals surface area contributed by atoms with Gasteiger partial charge < -0.3 is 10.4 Å². The van der Waals surface area contributed by atoms with Gasteiger partial charge in [0, 0.05) is 35.4 Å². The molecule has 2 atom stereocenters. The first kappa shape index (κ1) is 17.5. The Morgan fingerprint density at radius 1 is 1.36 bits per heavy atom. The lowest BCUT2D eigenvalue weighted by atomic mass is 9.82. The summed E-state index contributed by atoms with van der Waals surface area (Å²) in [5.74, 6) is 5.79. The number of carbonyl (C=O) groups excluding carboxylic acids is 1. The predicted molar refractivity (Wildman–Crippen MR) is 97.2 cm³/mol. The second-order valence-electron chi connectivity index (χ2n) is 6.30. The number of amides is 1. The van der Waals surface area contributed by atoms with Crippen molar-refractivity contribution >= 4 is 17.5 Å². The van der Waals surface area contributed by atoms with Gasteiger partial charge in [0.25, 0.3) is 5.91 Å². The van der Waals surface area contributed by atoms with Crippen LogP contribution in [0.3, 0.4) is 0 Å². The number of benzene rings is 1. The first-order valence-electron chi connectivity index (χ1n) is 8.26. The molecule has 1 aliphatic rings. The minimum Gasteiger partial charge on any atom is -0.378 e. The van der Waals surface area contributed by atoms with E-state index in [4.69, 9.17) is 11.6 Å². The highest BCUT2D eigenvalue weighted by Crippen LogP contribution is 2.28. The fraction of sp³-hybridized carbons (Fsp3) is 0.300. The van der Waals surface area contributed by atoms with Crippen molar-refractivity contribution in [1.82, 2.24) is 10.3 Å². The fourth-order valence-electron chi connectivity index (χ4n) is 3.01. The number of rotatable bonds is 2. The van der Waals surface area contributed by atoms with Crippen LogP contribution in [-0.4, -0.2) is 27.6 Å². The molecule has 128 valence electrons. The summed E-state index contributed by atoms with van der Waals surface area (Å²) in [5, 5.41) is 14.4. The molecule has 0 unspecified atom stereocenters. The monoisotopic (exact) mass is 354 g/mol. The van der Waals surface area contributed by atoms with E-state index in [1.165, 1.54) is 6.20 Å². The molecule has 0 radical (unpaired) electrons. The van der Waals surface area contributed by atoms with Gasteiger partial charge in [-0.2, -0.15) is 0 Å². The smallest absolute Gasteiger partial charge is 0.253 e. The molecule has 1 heterocycles. The van der Waals surface area contributed by atoms with Crippen molar-refractivity contribution in [3.63, 3.8) is 0 Å². The van der Waals surface area contributed by atoms with Gasteiger partial charge in [-0.3, -0.25) is 9.78 Å². The van der Waals surface area contributed by atoms with Crippen LogP contribution in [0.15, 0.2) is 48.8 Å². The van der Waals surface area contributed by atoms with Gasteiger partial charge in [-0.25, -0.2) is 0 Å². The Balaban J connectivity index is 1.67. The molecular weight excluding hydrogens is 336 g/mol. The Labute approximate surface area is 152 Å². The van der Waals surface area contributed by atoms with Crippen molar-refractivity contribution in [2.24, 2.45) is 0 Å². The number of nitrogens with one attached hydrogen (secondary N) is 1. The number of aliphatic hydroxyl groups is 1. The summed E-state index contributed by atoms with van der Waals surface area (Å²) < 4.78 is 0. The van der Waals surface area contributed by atoms with Crippen molar-refractivity contribution in [3.8, 4) is 11.8 Å². The van der Waals surface area contributed by atoms with Crippen molar-refractivity contribution in [2.45, 2.75) is 37.3 Å². The summed E-state index contributed by atoms with van der Waals surface area (Å²) in [6.45, 7) is 0. The van der Waals surface area contributed by atoms with Crippen LogP contribution in [0.5, 0.6) is 0 Å². The van der Waals surface area contributed by atoms with Gasteiger partial charge >= 0.3 is 0 Å². The Kier molecular flexibility index (Phi) is 5.37. The molecule has 1 aliphatic carbocycles. The van der Waals surface area contributed by atoms with Crippen LogP contribution in [0.1, 0.15) is 41.6 Å². The first-order valence-corrected chi connectivity index (χ1v) is 8.64. The van der Waals surface area contributed by atoms with Crippen LogP contribution in [0.25, 0.3) is 0 Å². The molecule has 0 aliphatic heterocycles. The SMILES string of the molecule is O=C(N[C@@H]1CCC[C@](O)(C#Cc2cccc(Cl)c2)C1)c1cccnc1. The third-order valence-electron chi connectivity index (χ3n) is 4.25. The lowest BCUT2D eigenvalue weighted by molar-refractivity contribution is 0.0452. The van der Waals surface area contributed by atoms with E-state index in [1.807, 2.05) is 12.1 Å². The van der Waals surface area contributed by atoms with Gasteiger partial charge in [-0.15, -0.1) is 0 Å². The first-order chi connectivity index (χ1) is 12.0. The second-order valence-corrected chi connectivity index (χ2v) is 6.74. The minimum atomic E-state index is -1.10. The molecule has 1 aromatic carbocycles. The van der Waals surface area contributed by atoms with Gasteiger partial charge in [-0.1, -0.05) is 29.5 Å². The van der Waals surface area contributed by atoms with Crippen LogP contribution in [-0.2, 0) is 0 Å². The quantitative estimate of drug-likeness (QED) is 0.814. The molecule has 25 heavy (non-hydrogen) atoms. The zero-order valence-electron chi connectivity index (χ0n) is 13.7. The number of aromatic nitrogens is 1. The topological polar surface area (TPSA) is 62.2 Å². The molecule has 5 heteroatoms. The minimum absolute atomic E-state index is 0.111. The van der Waals surface area contributed by atoms with Gasteiger partial charge in [-0.05, 0) is 49.6 Å². The average molecular weight is 355 g/mol. The molecule has 1 aromatic heterocycles. The summed E-state index contributed by atoms with van der Waals surface area (Å²) in [6.07, 6.45) is 5.79. The molecule has 1 fully saturated rings. The van der Waals surface area contributed by atoms with E-state index in [1.54, 1.807) is 30.5 Å². The number of nitrogens with zero attached hydrogens (tertiary/aromatic N) is 1. The zero-order chi connectivity index (χ0) is 17.7. The maximum absolute atomic E-state index is 12.3. The molecule has 3 rings (SSSR count). The lowest BCUT2D eigenvalue weighted by Crippen LogP contribution is -2.45. The van der Waals surface area contributed by atoms with Crippen molar-refractivity contribution in [1.29, 1.82) is 0 Å². The van der Waals surface area contributed by atoms with Crippen LogP contribution < -0.4 is 5.32 Å². The van der Waals surface area contributed by atoms with E-state index < -0.39 is 5.60 Å². The van der Waals surface area contributed by atoms with Crippen molar-refractivity contribution in [3.05, 3.63) is 64.9 Å². The molecule has 2 N–H and O–H groups in total. The van der Waals surface area contributed by atoms with Crippen LogP contribution in [0.4, 0.5) is 0 Å². The third-order valence-corrected chi connectivity index (χ3v) is 4.49. The standard InChI is InChI=1S/C20H19ClN2O2/c21-17-6-1-4-15(12-17)8-10-20(25)9-2-7-18(13-20)23-19(24)16-5-3-11-22-14-16/h1,3-6,11-12,14,18,25H,2,7,9,13H2,(H,23,24)/t18-,20+/m1/s1. The molecular formula is C20H19ClN2O2. The Bertz CT molecular complexity index is 813. The van der Waals surface area contributed by atoms with Gasteiger partial charge in [0.15, 0.2) is 0 Å². The number of pyridine rings is 1. The highest BCUT2D eigenvalue weighted by Gasteiger charge is 2.33. The number of carbonyl (C=O) groups is 1. The van der Waals surface area contributed by atoms with Crippen LogP contribution >= 0.6 is 11.6 Å². The van der Waals surface area contributed by atoms with E-state index in [0.717, 1.165) is 18.4 Å². The average Bonchev–Trinajstić information content (AvgIpc) is 2.61. The summed E-state index contributed by atoms with van der Waals surface area (Å²) in [5.41, 5.74) is 0.178. The maximum atomic E-state index is 12.3. The highest BCUT2D eigenvalue weighted by molar-refractivity contribution is 6.30. The third kappa shape index (κ3) is 4.82. The van der Waals surface area contributed by atoms with E-state index >= 15 is 0 Å². The Morgan fingerprint density at radius 2 is 2.24 bits per heavy atom.